The van der Waals surface area contributed by atoms with Crippen molar-refractivity contribution in [1.29, 1.82) is 0 Å². The molecule has 0 amide bonds. The molecule has 0 N–H and O–H groups in total. The zero-order valence-corrected chi connectivity index (χ0v) is 14.6. The van der Waals surface area contributed by atoms with Crippen LogP contribution >= 0.6 is 0 Å². The van der Waals surface area contributed by atoms with Gasteiger partial charge in [-0.05, 0) is 24.3 Å². The fourth-order valence-corrected chi connectivity index (χ4v) is 4.23. The van der Waals surface area contributed by atoms with Gasteiger partial charge in [0.05, 0.1) is 21.3 Å². The molecular formula is C18H18O4S2. The van der Waals surface area contributed by atoms with Gasteiger partial charge in [0.2, 0.25) is 0 Å². The van der Waals surface area contributed by atoms with Crippen molar-refractivity contribution < 1.29 is 16.8 Å². The predicted octanol–water partition coefficient (Wildman–Crippen LogP) is 3.05. The number of hydrogen-bond acceptors (Lipinski definition) is 4. The molecule has 0 aliphatic heterocycles. The monoisotopic (exact) mass is 362 g/mol. The summed E-state index contributed by atoms with van der Waals surface area (Å²) in [4.78, 5) is 0.538. The van der Waals surface area contributed by atoms with Gasteiger partial charge in [0.15, 0.2) is 19.7 Å². The van der Waals surface area contributed by atoms with Gasteiger partial charge in [0.1, 0.15) is 0 Å². The van der Waals surface area contributed by atoms with Crippen LogP contribution in [-0.2, 0) is 19.7 Å². The Morgan fingerprint density at radius 2 is 0.917 bits per heavy atom. The van der Waals surface area contributed by atoms with Crippen molar-refractivity contribution in [2.75, 3.05) is 11.5 Å². The topological polar surface area (TPSA) is 68.3 Å². The maximum Gasteiger partial charge on any atom is 0.181 e. The fourth-order valence-electron chi connectivity index (χ4n) is 1.97. The normalized spacial score (nSPS) is 12.8. The largest absolute Gasteiger partial charge is 0.223 e. The van der Waals surface area contributed by atoms with Crippen LogP contribution in [0, 0.1) is 0 Å². The van der Waals surface area contributed by atoms with E-state index in [1.807, 2.05) is 0 Å². The lowest BCUT2D eigenvalue weighted by atomic mass is 10.4. The van der Waals surface area contributed by atoms with E-state index in [1.54, 1.807) is 72.8 Å². The smallest absolute Gasteiger partial charge is 0.181 e. The molecule has 2 aromatic carbocycles. The van der Waals surface area contributed by atoms with Gasteiger partial charge in [-0.2, -0.15) is 0 Å². The number of hydrogen-bond donors (Lipinski definition) is 0. The van der Waals surface area contributed by atoms with Crippen LogP contribution in [0.4, 0.5) is 0 Å². The minimum absolute atomic E-state index is 0.132. The molecule has 0 spiro atoms. The van der Waals surface area contributed by atoms with Crippen LogP contribution in [0.2, 0.25) is 0 Å². The minimum Gasteiger partial charge on any atom is -0.223 e. The van der Waals surface area contributed by atoms with Crippen LogP contribution in [0.5, 0.6) is 0 Å². The van der Waals surface area contributed by atoms with E-state index in [0.717, 1.165) is 0 Å². The molecule has 0 aromatic heterocycles. The molecule has 0 aliphatic carbocycles. The lowest BCUT2D eigenvalue weighted by molar-refractivity contribution is 0.597. The second-order valence-electron chi connectivity index (χ2n) is 5.05. The van der Waals surface area contributed by atoms with E-state index in [0.29, 0.717) is 0 Å². The summed E-state index contributed by atoms with van der Waals surface area (Å²) in [5.41, 5.74) is 0. The molecule has 0 fully saturated rings. The highest BCUT2D eigenvalue weighted by Crippen LogP contribution is 2.11. The average molecular weight is 362 g/mol. The lowest BCUT2D eigenvalue weighted by Gasteiger charge is -2.00. The van der Waals surface area contributed by atoms with E-state index in [1.165, 1.54) is 12.2 Å². The molecule has 126 valence electrons. The molecule has 2 aromatic rings. The Labute approximate surface area is 143 Å². The van der Waals surface area contributed by atoms with Crippen molar-refractivity contribution in [1.82, 2.24) is 0 Å². The molecule has 0 bridgehead atoms. The number of sulfone groups is 2. The van der Waals surface area contributed by atoms with Crippen LogP contribution in [-0.4, -0.2) is 28.3 Å². The van der Waals surface area contributed by atoms with Crippen LogP contribution < -0.4 is 0 Å². The Bertz CT molecular complexity index is 832. The van der Waals surface area contributed by atoms with Gasteiger partial charge in [0, 0.05) is 0 Å². The highest BCUT2D eigenvalue weighted by molar-refractivity contribution is 7.91. The standard InChI is InChI=1S/C18H18O4S2/c19-23(20,17-11-5-3-6-12-17)15-9-1-2-10-16-24(21,22)18-13-7-4-8-14-18/h1-14H,15-16H2/b9-1-,10-2+. The van der Waals surface area contributed by atoms with Crippen molar-refractivity contribution in [3.8, 4) is 0 Å². The van der Waals surface area contributed by atoms with E-state index in [4.69, 9.17) is 0 Å². The molecular weight excluding hydrogens is 344 g/mol. The summed E-state index contributed by atoms with van der Waals surface area (Å²) in [7, 11) is -6.72. The van der Waals surface area contributed by atoms with Gasteiger partial charge in [-0.25, -0.2) is 16.8 Å². The van der Waals surface area contributed by atoms with E-state index in [9.17, 15) is 16.8 Å². The summed E-state index contributed by atoms with van der Waals surface area (Å²) in [6.07, 6.45) is 6.07. The van der Waals surface area contributed by atoms with E-state index in [2.05, 4.69) is 0 Å². The lowest BCUT2D eigenvalue weighted by Crippen LogP contribution is -2.04. The van der Waals surface area contributed by atoms with Gasteiger partial charge >= 0.3 is 0 Å². The van der Waals surface area contributed by atoms with Crippen LogP contribution in [0.15, 0.2) is 94.8 Å². The second kappa shape index (κ2) is 8.08. The quantitative estimate of drug-likeness (QED) is 0.710. The Kier molecular flexibility index (Phi) is 6.11. The zero-order chi connectivity index (χ0) is 17.5. The summed E-state index contributed by atoms with van der Waals surface area (Å²) in [5, 5.41) is 0. The van der Waals surface area contributed by atoms with Crippen molar-refractivity contribution in [3.05, 3.63) is 85.0 Å². The minimum atomic E-state index is -3.36. The third kappa shape index (κ3) is 5.18. The van der Waals surface area contributed by atoms with Gasteiger partial charge < -0.3 is 0 Å². The Balaban J connectivity index is 1.92. The number of benzene rings is 2. The molecule has 0 unspecified atom stereocenters. The van der Waals surface area contributed by atoms with Gasteiger partial charge in [-0.3, -0.25) is 0 Å². The average Bonchev–Trinajstić information content (AvgIpc) is 2.59. The Morgan fingerprint density at radius 1 is 0.583 bits per heavy atom. The first kappa shape index (κ1) is 18.2. The van der Waals surface area contributed by atoms with Crippen molar-refractivity contribution in [3.63, 3.8) is 0 Å². The first-order valence-electron chi connectivity index (χ1n) is 7.29. The first-order chi connectivity index (χ1) is 11.4. The summed E-state index contributed by atoms with van der Waals surface area (Å²) in [5.74, 6) is -0.264. The molecule has 0 atom stereocenters. The number of rotatable bonds is 7. The molecule has 2 rings (SSSR count). The van der Waals surface area contributed by atoms with Crippen LogP contribution in [0.3, 0.4) is 0 Å². The summed E-state index contributed by atoms with van der Waals surface area (Å²) >= 11 is 0. The van der Waals surface area contributed by atoms with E-state index in [-0.39, 0.29) is 21.3 Å². The van der Waals surface area contributed by atoms with Gasteiger partial charge in [-0.1, -0.05) is 60.7 Å². The highest BCUT2D eigenvalue weighted by Gasteiger charge is 2.11. The van der Waals surface area contributed by atoms with Crippen LogP contribution in [0.25, 0.3) is 0 Å². The first-order valence-corrected chi connectivity index (χ1v) is 10.6. The SMILES string of the molecule is O=S(=O)(C/C=C\C=C\CS(=O)(=O)c1ccccc1)c1ccccc1. The van der Waals surface area contributed by atoms with Crippen molar-refractivity contribution >= 4 is 19.7 Å². The van der Waals surface area contributed by atoms with E-state index >= 15 is 0 Å². The van der Waals surface area contributed by atoms with Crippen molar-refractivity contribution in [2.24, 2.45) is 0 Å². The van der Waals surface area contributed by atoms with Crippen molar-refractivity contribution in [2.45, 2.75) is 9.79 Å². The fraction of sp³-hybridized carbons (Fsp3) is 0.111. The molecule has 0 saturated carbocycles. The zero-order valence-electron chi connectivity index (χ0n) is 12.9. The third-order valence-corrected chi connectivity index (χ3v) is 6.46. The molecule has 0 radical (unpaired) electrons. The Morgan fingerprint density at radius 3 is 1.25 bits per heavy atom. The molecule has 0 aliphatic rings. The number of allylic oxidation sites excluding steroid dienone is 2. The summed E-state index contributed by atoms with van der Waals surface area (Å²) in [6.45, 7) is 0. The third-order valence-electron chi connectivity index (χ3n) is 3.22. The second-order valence-corrected chi connectivity index (χ2v) is 9.11. The molecule has 4 nitrogen and oxygen atoms in total. The molecule has 6 heteroatoms. The van der Waals surface area contributed by atoms with Gasteiger partial charge in [0.25, 0.3) is 0 Å². The van der Waals surface area contributed by atoms with E-state index < -0.39 is 19.7 Å². The highest BCUT2D eigenvalue weighted by atomic mass is 32.2. The maximum atomic E-state index is 12.0. The predicted molar refractivity (Wildman–Crippen MR) is 95.3 cm³/mol. The maximum absolute atomic E-state index is 12.0. The van der Waals surface area contributed by atoms with Crippen LogP contribution in [0.1, 0.15) is 0 Å². The Hall–Kier alpha value is -2.18. The summed E-state index contributed by atoms with van der Waals surface area (Å²) < 4.78 is 48.2. The molecule has 24 heavy (non-hydrogen) atoms. The van der Waals surface area contributed by atoms with Gasteiger partial charge in [-0.15, -0.1) is 0 Å². The molecule has 0 heterocycles. The summed E-state index contributed by atoms with van der Waals surface area (Å²) in [6, 6.07) is 16.4. The molecule has 0 saturated heterocycles.